The Morgan fingerprint density at radius 3 is 2.54 bits per heavy atom. The van der Waals surface area contributed by atoms with Crippen LogP contribution in [-0.4, -0.2) is 59.5 Å². The number of hydrogen-bond acceptors (Lipinski definition) is 5. The van der Waals surface area contributed by atoms with Crippen molar-refractivity contribution in [3.63, 3.8) is 0 Å². The van der Waals surface area contributed by atoms with E-state index in [0.29, 0.717) is 18.5 Å². The van der Waals surface area contributed by atoms with Crippen molar-refractivity contribution in [2.45, 2.75) is 32.7 Å². The minimum absolute atomic E-state index is 0.227. The van der Waals surface area contributed by atoms with Gasteiger partial charge in [-0.25, -0.2) is 4.68 Å². The van der Waals surface area contributed by atoms with Crippen LogP contribution in [0.5, 0.6) is 0 Å². The average molecular weight is 336 g/mol. The zero-order valence-electron chi connectivity index (χ0n) is 14.8. The molecule has 2 rings (SSSR count). The van der Waals surface area contributed by atoms with E-state index in [1.165, 1.54) is 16.8 Å². The number of aryl methyl sites for hydroxylation is 1. The Bertz CT molecular complexity index is 592. The summed E-state index contributed by atoms with van der Waals surface area (Å²) in [7, 11) is 1.54. The van der Waals surface area contributed by atoms with Crippen LogP contribution in [0.4, 0.5) is 0 Å². The van der Waals surface area contributed by atoms with Gasteiger partial charge >= 0.3 is 0 Å². The third-order valence-electron chi connectivity index (χ3n) is 4.77. The van der Waals surface area contributed by atoms with E-state index in [0.717, 1.165) is 39.1 Å². The van der Waals surface area contributed by atoms with Crippen molar-refractivity contribution in [2.24, 2.45) is 13.0 Å². The number of amides is 1. The molecule has 134 valence electrons. The Hall–Kier alpha value is -1.73. The van der Waals surface area contributed by atoms with Crippen LogP contribution < -0.4 is 10.9 Å². The second kappa shape index (κ2) is 8.94. The summed E-state index contributed by atoms with van der Waals surface area (Å²) in [6, 6.07) is 3.13. The molecule has 1 aromatic rings. The molecule has 0 aliphatic carbocycles. The van der Waals surface area contributed by atoms with Crippen molar-refractivity contribution in [3.8, 4) is 0 Å². The number of nitrogens with zero attached hydrogens (tertiary/aromatic N) is 3. The van der Waals surface area contributed by atoms with Gasteiger partial charge in [0.2, 0.25) is 0 Å². The highest BCUT2D eigenvalue weighted by atomic mass is 16.5. The predicted octanol–water partition coefficient (Wildman–Crippen LogP) is 0.647. The van der Waals surface area contributed by atoms with Crippen LogP contribution in [0.3, 0.4) is 0 Å². The molecule has 7 nitrogen and oxygen atoms in total. The van der Waals surface area contributed by atoms with Gasteiger partial charge in [-0.2, -0.15) is 5.10 Å². The summed E-state index contributed by atoms with van der Waals surface area (Å²) in [6.45, 7) is 8.25. The van der Waals surface area contributed by atoms with Crippen LogP contribution in [0, 0.1) is 5.92 Å². The highest BCUT2D eigenvalue weighted by Crippen LogP contribution is 2.19. The summed E-state index contributed by atoms with van der Waals surface area (Å²) in [5.74, 6) is 0.284. The zero-order valence-corrected chi connectivity index (χ0v) is 14.8. The van der Waals surface area contributed by atoms with Crippen molar-refractivity contribution in [3.05, 3.63) is 28.2 Å². The molecule has 0 radical (unpaired) electrons. The molecular formula is C17H28N4O3. The normalized spacial score (nSPS) is 17.0. The molecule has 1 aliphatic heterocycles. The Kier molecular flexibility index (Phi) is 6.93. The van der Waals surface area contributed by atoms with E-state index in [2.05, 4.69) is 29.2 Å². The topological polar surface area (TPSA) is 76.5 Å². The predicted molar refractivity (Wildman–Crippen MR) is 92.1 cm³/mol. The fourth-order valence-electron chi connectivity index (χ4n) is 3.25. The van der Waals surface area contributed by atoms with Gasteiger partial charge in [0.25, 0.3) is 11.5 Å². The van der Waals surface area contributed by atoms with Gasteiger partial charge in [-0.3, -0.25) is 14.5 Å². The van der Waals surface area contributed by atoms with Gasteiger partial charge in [0.15, 0.2) is 0 Å². The van der Waals surface area contributed by atoms with E-state index in [-0.39, 0.29) is 17.2 Å². The van der Waals surface area contributed by atoms with E-state index in [9.17, 15) is 9.59 Å². The largest absolute Gasteiger partial charge is 0.379 e. The number of ether oxygens (including phenoxy) is 1. The van der Waals surface area contributed by atoms with Crippen LogP contribution in [0.1, 0.15) is 37.2 Å². The number of rotatable bonds is 7. The molecular weight excluding hydrogens is 308 g/mol. The first-order chi connectivity index (χ1) is 11.6. The number of hydrogen-bond donors (Lipinski definition) is 1. The van der Waals surface area contributed by atoms with Gasteiger partial charge in [-0.15, -0.1) is 0 Å². The lowest BCUT2D eigenvalue weighted by molar-refractivity contribution is 0.00189. The van der Waals surface area contributed by atoms with Gasteiger partial charge in [0.05, 0.1) is 13.2 Å². The maximum atomic E-state index is 12.4. The summed E-state index contributed by atoms with van der Waals surface area (Å²) < 4.78 is 6.62. The van der Waals surface area contributed by atoms with E-state index in [1.807, 2.05) is 0 Å². The Labute approximate surface area is 143 Å². The Morgan fingerprint density at radius 2 is 1.96 bits per heavy atom. The van der Waals surface area contributed by atoms with E-state index < -0.39 is 0 Å². The molecule has 1 amide bonds. The quantitative estimate of drug-likeness (QED) is 0.791. The van der Waals surface area contributed by atoms with Crippen LogP contribution in [0.25, 0.3) is 0 Å². The molecule has 0 aromatic carbocycles. The standard InChI is InChI=1S/C17H28N4O3/c1-4-13(5-2)15(21-8-10-24-11-9-21)12-18-17(23)14-6-7-16(22)20(3)19-14/h6-7,13,15H,4-5,8-12H2,1-3H3,(H,18,23). The lowest BCUT2D eigenvalue weighted by atomic mass is 9.92. The highest BCUT2D eigenvalue weighted by Gasteiger charge is 2.27. The van der Waals surface area contributed by atoms with Gasteiger partial charge in [-0.05, 0) is 12.0 Å². The fourth-order valence-corrected chi connectivity index (χ4v) is 3.25. The van der Waals surface area contributed by atoms with Gasteiger partial charge in [0.1, 0.15) is 5.69 Å². The first-order valence-electron chi connectivity index (χ1n) is 8.71. The van der Waals surface area contributed by atoms with Gasteiger partial charge < -0.3 is 10.1 Å². The summed E-state index contributed by atoms with van der Waals surface area (Å²) in [6.07, 6.45) is 2.15. The first-order valence-corrected chi connectivity index (χ1v) is 8.71. The summed E-state index contributed by atoms with van der Waals surface area (Å²) in [5.41, 5.74) is 0.0390. The minimum atomic E-state index is -0.241. The van der Waals surface area contributed by atoms with E-state index in [1.54, 1.807) is 7.05 Å². The average Bonchev–Trinajstić information content (AvgIpc) is 2.61. The van der Waals surface area contributed by atoms with Crippen molar-refractivity contribution in [2.75, 3.05) is 32.8 Å². The maximum Gasteiger partial charge on any atom is 0.271 e. The first kappa shape index (κ1) is 18.6. The number of nitrogens with one attached hydrogen (secondary N) is 1. The van der Waals surface area contributed by atoms with E-state index >= 15 is 0 Å². The van der Waals surface area contributed by atoms with Crippen molar-refractivity contribution < 1.29 is 9.53 Å². The molecule has 1 fully saturated rings. The minimum Gasteiger partial charge on any atom is -0.379 e. The SMILES string of the molecule is CCC(CC)C(CNC(=O)c1ccc(=O)n(C)n1)N1CCOCC1. The molecule has 1 unspecified atom stereocenters. The zero-order chi connectivity index (χ0) is 17.5. The van der Waals surface area contributed by atoms with Crippen LogP contribution >= 0.6 is 0 Å². The van der Waals surface area contributed by atoms with Crippen LogP contribution in [0.2, 0.25) is 0 Å². The second-order valence-corrected chi connectivity index (χ2v) is 6.18. The molecule has 1 aliphatic rings. The molecule has 24 heavy (non-hydrogen) atoms. The molecule has 1 atom stereocenters. The number of carbonyl (C=O) groups excluding carboxylic acids is 1. The number of aromatic nitrogens is 2. The molecule has 0 bridgehead atoms. The smallest absolute Gasteiger partial charge is 0.271 e. The molecule has 7 heteroatoms. The lowest BCUT2D eigenvalue weighted by Crippen LogP contribution is -2.52. The van der Waals surface area contributed by atoms with Crippen molar-refractivity contribution in [1.29, 1.82) is 0 Å². The molecule has 1 saturated heterocycles. The second-order valence-electron chi connectivity index (χ2n) is 6.18. The summed E-state index contributed by atoms with van der Waals surface area (Å²) in [4.78, 5) is 26.2. The third-order valence-corrected chi connectivity index (χ3v) is 4.77. The fraction of sp³-hybridized carbons (Fsp3) is 0.706. The van der Waals surface area contributed by atoms with Gasteiger partial charge in [-0.1, -0.05) is 26.7 Å². The third kappa shape index (κ3) is 4.64. The number of carbonyl (C=O) groups is 1. The molecule has 1 aromatic heterocycles. The summed E-state index contributed by atoms with van der Waals surface area (Å²) in [5, 5.41) is 7.00. The summed E-state index contributed by atoms with van der Waals surface area (Å²) >= 11 is 0. The molecule has 0 saturated carbocycles. The Morgan fingerprint density at radius 1 is 1.29 bits per heavy atom. The highest BCUT2D eigenvalue weighted by molar-refractivity contribution is 5.92. The van der Waals surface area contributed by atoms with Gasteiger partial charge in [0, 0.05) is 38.8 Å². The molecule has 2 heterocycles. The lowest BCUT2D eigenvalue weighted by Gasteiger charge is -2.38. The molecule has 0 spiro atoms. The molecule has 1 N–H and O–H groups in total. The van der Waals surface area contributed by atoms with Crippen molar-refractivity contribution >= 4 is 5.91 Å². The van der Waals surface area contributed by atoms with Crippen molar-refractivity contribution in [1.82, 2.24) is 20.0 Å². The van der Waals surface area contributed by atoms with Crippen LogP contribution in [0.15, 0.2) is 16.9 Å². The van der Waals surface area contributed by atoms with E-state index in [4.69, 9.17) is 4.74 Å². The number of morpholine rings is 1. The monoisotopic (exact) mass is 336 g/mol. The van der Waals surface area contributed by atoms with Crippen LogP contribution in [-0.2, 0) is 11.8 Å². The Balaban J connectivity index is 2.04. The maximum absolute atomic E-state index is 12.4.